The lowest BCUT2D eigenvalue weighted by Crippen LogP contribution is -1.98. The van der Waals surface area contributed by atoms with Crippen LogP contribution >= 0.6 is 0 Å². The number of aliphatic hydroxyl groups excluding tert-OH is 1. The second kappa shape index (κ2) is 5.32. The summed E-state index contributed by atoms with van der Waals surface area (Å²) in [5.74, 6) is 0.714. The molecule has 14 heavy (non-hydrogen) atoms. The van der Waals surface area contributed by atoms with Crippen LogP contribution in [0, 0.1) is 0 Å². The highest BCUT2D eigenvalue weighted by Crippen LogP contribution is 2.16. The van der Waals surface area contributed by atoms with Gasteiger partial charge in [0.25, 0.3) is 5.95 Å². The quantitative estimate of drug-likeness (QED) is 0.738. The first-order valence-electron chi connectivity index (χ1n) is 4.91. The first kappa shape index (κ1) is 10.6. The zero-order valence-corrected chi connectivity index (χ0v) is 8.66. The predicted molar refractivity (Wildman–Crippen MR) is 57.3 cm³/mol. The first-order valence-corrected chi connectivity index (χ1v) is 4.91. The third-order valence-electron chi connectivity index (χ3n) is 2.11. The third kappa shape index (κ3) is 2.80. The number of ether oxygens (including phenoxy) is 1. The van der Waals surface area contributed by atoms with Crippen molar-refractivity contribution in [2.45, 2.75) is 26.7 Å². The van der Waals surface area contributed by atoms with Crippen molar-refractivity contribution in [2.75, 3.05) is 0 Å². The van der Waals surface area contributed by atoms with E-state index in [1.807, 2.05) is 44.2 Å². The Morgan fingerprint density at radius 3 is 2.21 bits per heavy atom. The van der Waals surface area contributed by atoms with Crippen molar-refractivity contribution in [3.63, 3.8) is 0 Å². The van der Waals surface area contributed by atoms with Crippen molar-refractivity contribution in [3.8, 4) is 5.75 Å². The van der Waals surface area contributed by atoms with Gasteiger partial charge < -0.3 is 9.84 Å². The summed E-state index contributed by atoms with van der Waals surface area (Å²) in [6.45, 7) is 4.01. The molecule has 1 aromatic rings. The van der Waals surface area contributed by atoms with Crippen LogP contribution in [0.2, 0.25) is 0 Å². The molecule has 0 aliphatic heterocycles. The Labute approximate surface area is 84.8 Å². The van der Waals surface area contributed by atoms with Gasteiger partial charge in [0.15, 0.2) is 0 Å². The molecule has 0 fully saturated rings. The van der Waals surface area contributed by atoms with Crippen LogP contribution in [-0.2, 0) is 0 Å². The van der Waals surface area contributed by atoms with Gasteiger partial charge in [0.05, 0.1) is 0 Å². The van der Waals surface area contributed by atoms with Crippen LogP contribution in [0.15, 0.2) is 41.9 Å². The van der Waals surface area contributed by atoms with E-state index in [9.17, 15) is 5.11 Å². The molecule has 1 rings (SSSR count). The predicted octanol–water partition coefficient (Wildman–Crippen LogP) is 3.66. The van der Waals surface area contributed by atoms with E-state index in [0.29, 0.717) is 5.75 Å². The highest BCUT2D eigenvalue weighted by Gasteiger charge is 2.03. The molecule has 0 aromatic heterocycles. The zero-order chi connectivity index (χ0) is 10.4. The van der Waals surface area contributed by atoms with E-state index >= 15 is 0 Å². The van der Waals surface area contributed by atoms with Crippen molar-refractivity contribution < 1.29 is 9.84 Å². The summed E-state index contributed by atoms with van der Waals surface area (Å²) in [5, 5.41) is 9.62. The summed E-state index contributed by atoms with van der Waals surface area (Å²) < 4.78 is 5.29. The smallest absolute Gasteiger partial charge is 0.281 e. The Kier molecular flexibility index (Phi) is 4.05. The number of hydrogen-bond acceptors (Lipinski definition) is 2. The Morgan fingerprint density at radius 1 is 1.14 bits per heavy atom. The molecule has 0 unspecified atom stereocenters. The minimum Gasteiger partial charge on any atom is -0.481 e. The normalized spacial score (nSPS) is 9.57. The van der Waals surface area contributed by atoms with E-state index in [1.54, 1.807) is 0 Å². The van der Waals surface area contributed by atoms with Crippen LogP contribution in [0.4, 0.5) is 0 Å². The van der Waals surface area contributed by atoms with Gasteiger partial charge in [0, 0.05) is 5.57 Å². The van der Waals surface area contributed by atoms with E-state index in [0.717, 1.165) is 18.4 Å². The Morgan fingerprint density at radius 2 is 1.71 bits per heavy atom. The topological polar surface area (TPSA) is 29.5 Å². The number of allylic oxidation sites excluding steroid dienone is 1. The molecule has 0 radical (unpaired) electrons. The molecule has 0 saturated heterocycles. The molecular formula is C12H16O2. The Balaban J connectivity index is 2.74. The molecule has 0 bridgehead atoms. The van der Waals surface area contributed by atoms with Gasteiger partial charge in [-0.15, -0.1) is 0 Å². The third-order valence-corrected chi connectivity index (χ3v) is 2.11. The van der Waals surface area contributed by atoms with E-state index in [2.05, 4.69) is 0 Å². The van der Waals surface area contributed by atoms with Crippen molar-refractivity contribution in [2.24, 2.45) is 0 Å². The summed E-state index contributed by atoms with van der Waals surface area (Å²) in [4.78, 5) is 0. The van der Waals surface area contributed by atoms with E-state index in [-0.39, 0.29) is 5.95 Å². The van der Waals surface area contributed by atoms with Gasteiger partial charge in [0.2, 0.25) is 0 Å². The first-order chi connectivity index (χ1) is 6.77. The molecule has 2 heteroatoms. The molecule has 0 heterocycles. The molecule has 0 saturated carbocycles. The van der Waals surface area contributed by atoms with Crippen LogP contribution in [-0.4, -0.2) is 5.11 Å². The molecular weight excluding hydrogens is 176 g/mol. The van der Waals surface area contributed by atoms with Gasteiger partial charge in [-0.3, -0.25) is 0 Å². The summed E-state index contributed by atoms with van der Waals surface area (Å²) >= 11 is 0. The maximum Gasteiger partial charge on any atom is 0.281 e. The molecule has 0 atom stereocenters. The highest BCUT2D eigenvalue weighted by molar-refractivity contribution is 5.23. The average molecular weight is 192 g/mol. The fourth-order valence-corrected chi connectivity index (χ4v) is 1.22. The largest absolute Gasteiger partial charge is 0.481 e. The van der Waals surface area contributed by atoms with Crippen molar-refractivity contribution in [1.82, 2.24) is 0 Å². The molecule has 76 valence electrons. The Bertz CT molecular complexity index is 295. The lowest BCUT2D eigenvalue weighted by Gasteiger charge is -2.07. The molecule has 1 aromatic carbocycles. The van der Waals surface area contributed by atoms with Crippen LogP contribution in [0.1, 0.15) is 26.7 Å². The summed E-state index contributed by atoms with van der Waals surface area (Å²) in [6, 6.07) is 9.30. The standard InChI is InChI=1S/C12H16O2/c1-3-10(4-2)12(13)14-11-8-6-5-7-9-11/h5-9,13H,3-4H2,1-2H3. The zero-order valence-electron chi connectivity index (χ0n) is 8.66. The van der Waals surface area contributed by atoms with Crippen molar-refractivity contribution in [3.05, 3.63) is 41.9 Å². The minimum absolute atomic E-state index is 0.0428. The van der Waals surface area contributed by atoms with Crippen LogP contribution in [0.3, 0.4) is 0 Å². The monoisotopic (exact) mass is 192 g/mol. The van der Waals surface area contributed by atoms with Crippen LogP contribution in [0.25, 0.3) is 0 Å². The summed E-state index contributed by atoms with van der Waals surface area (Å²) in [5.41, 5.74) is 0.939. The van der Waals surface area contributed by atoms with E-state index in [1.165, 1.54) is 0 Å². The highest BCUT2D eigenvalue weighted by atomic mass is 16.6. The van der Waals surface area contributed by atoms with Gasteiger partial charge in [-0.25, -0.2) is 0 Å². The summed E-state index contributed by atoms with van der Waals surface area (Å²) in [6.07, 6.45) is 1.63. The van der Waals surface area contributed by atoms with Crippen LogP contribution < -0.4 is 4.74 Å². The summed E-state index contributed by atoms with van der Waals surface area (Å²) in [7, 11) is 0. The van der Waals surface area contributed by atoms with Gasteiger partial charge in [0.1, 0.15) is 5.75 Å². The molecule has 0 aliphatic carbocycles. The van der Waals surface area contributed by atoms with Gasteiger partial charge >= 0.3 is 0 Å². The van der Waals surface area contributed by atoms with E-state index < -0.39 is 0 Å². The number of para-hydroxylation sites is 1. The minimum atomic E-state index is 0.0428. The Hall–Kier alpha value is -1.44. The molecule has 0 aliphatic rings. The molecule has 2 nitrogen and oxygen atoms in total. The average Bonchev–Trinajstić information content (AvgIpc) is 2.21. The lowest BCUT2D eigenvalue weighted by atomic mass is 10.2. The van der Waals surface area contributed by atoms with Gasteiger partial charge in [-0.2, -0.15) is 0 Å². The number of aliphatic hydroxyl groups is 1. The number of benzene rings is 1. The maximum absolute atomic E-state index is 9.62. The SMILES string of the molecule is CCC(CC)=C(O)Oc1ccccc1. The fourth-order valence-electron chi connectivity index (χ4n) is 1.22. The van der Waals surface area contributed by atoms with Crippen LogP contribution in [0.5, 0.6) is 5.75 Å². The van der Waals surface area contributed by atoms with Crippen molar-refractivity contribution >= 4 is 0 Å². The second-order valence-electron chi connectivity index (χ2n) is 3.03. The molecule has 0 spiro atoms. The molecule has 0 amide bonds. The lowest BCUT2D eigenvalue weighted by molar-refractivity contribution is 0.200. The van der Waals surface area contributed by atoms with Gasteiger partial charge in [-0.05, 0) is 25.0 Å². The second-order valence-corrected chi connectivity index (χ2v) is 3.03. The van der Waals surface area contributed by atoms with E-state index in [4.69, 9.17) is 4.74 Å². The molecule has 1 N–H and O–H groups in total. The van der Waals surface area contributed by atoms with Gasteiger partial charge in [-0.1, -0.05) is 32.0 Å². The maximum atomic E-state index is 9.62. The van der Waals surface area contributed by atoms with Crippen molar-refractivity contribution in [1.29, 1.82) is 0 Å². The number of rotatable bonds is 4. The number of hydrogen-bond donors (Lipinski definition) is 1. The fraction of sp³-hybridized carbons (Fsp3) is 0.333.